The Balaban J connectivity index is 2.12. The van der Waals surface area contributed by atoms with Crippen molar-refractivity contribution in [3.63, 3.8) is 0 Å². The minimum Gasteiger partial charge on any atom is -0.494 e. The first-order chi connectivity index (χ1) is 8.85. The average Bonchev–Trinajstić information content (AvgIpc) is 2.93. The number of benzene rings is 1. The summed E-state index contributed by atoms with van der Waals surface area (Å²) in [7, 11) is 1.92. The van der Waals surface area contributed by atoms with Gasteiger partial charge < -0.3 is 10.1 Å². The van der Waals surface area contributed by atoms with Gasteiger partial charge in [-0.15, -0.1) is 5.10 Å². The lowest BCUT2D eigenvalue weighted by atomic mass is 10.0. The van der Waals surface area contributed by atoms with Gasteiger partial charge in [0.25, 0.3) is 0 Å². The van der Waals surface area contributed by atoms with Crippen LogP contribution >= 0.6 is 11.5 Å². The standard InChI is InChI=1S/C13H17N3OS/c1-3-8-17-11-6-4-10(5-7-11)13(14-2)12-9-18-16-15-12/h4-7,9,13-14H,3,8H2,1-2H3. The van der Waals surface area contributed by atoms with Gasteiger partial charge in [0.1, 0.15) is 5.75 Å². The summed E-state index contributed by atoms with van der Waals surface area (Å²) in [5.41, 5.74) is 2.11. The van der Waals surface area contributed by atoms with E-state index in [2.05, 4.69) is 34.0 Å². The van der Waals surface area contributed by atoms with E-state index in [4.69, 9.17) is 4.74 Å². The molecular formula is C13H17N3OS. The molecule has 1 unspecified atom stereocenters. The van der Waals surface area contributed by atoms with E-state index in [-0.39, 0.29) is 6.04 Å². The monoisotopic (exact) mass is 263 g/mol. The quantitative estimate of drug-likeness (QED) is 0.870. The Morgan fingerprint density at radius 3 is 2.67 bits per heavy atom. The smallest absolute Gasteiger partial charge is 0.119 e. The minimum absolute atomic E-state index is 0.0870. The molecule has 0 saturated heterocycles. The highest BCUT2D eigenvalue weighted by molar-refractivity contribution is 7.03. The lowest BCUT2D eigenvalue weighted by molar-refractivity contribution is 0.317. The third-order valence-electron chi connectivity index (χ3n) is 2.65. The zero-order valence-electron chi connectivity index (χ0n) is 10.6. The summed E-state index contributed by atoms with van der Waals surface area (Å²) in [6, 6.07) is 8.20. The third-order valence-corrected chi connectivity index (χ3v) is 3.17. The summed E-state index contributed by atoms with van der Waals surface area (Å²) in [6.07, 6.45) is 1.02. The minimum atomic E-state index is 0.0870. The lowest BCUT2D eigenvalue weighted by Crippen LogP contribution is -2.18. The summed E-state index contributed by atoms with van der Waals surface area (Å²) >= 11 is 1.37. The molecule has 0 aliphatic carbocycles. The van der Waals surface area contributed by atoms with E-state index < -0.39 is 0 Å². The first-order valence-corrected chi connectivity index (χ1v) is 6.85. The molecule has 2 aromatic rings. The zero-order valence-corrected chi connectivity index (χ0v) is 11.4. The number of hydrogen-bond donors (Lipinski definition) is 1. The second kappa shape index (κ2) is 6.47. The number of rotatable bonds is 6. The molecule has 2 rings (SSSR count). The van der Waals surface area contributed by atoms with Crippen molar-refractivity contribution in [2.75, 3.05) is 13.7 Å². The second-order valence-corrected chi connectivity index (χ2v) is 4.58. The van der Waals surface area contributed by atoms with Crippen LogP contribution in [0.15, 0.2) is 29.6 Å². The van der Waals surface area contributed by atoms with Crippen LogP contribution in [0.25, 0.3) is 0 Å². The number of aromatic nitrogens is 2. The fraction of sp³-hybridized carbons (Fsp3) is 0.385. The molecule has 1 N–H and O–H groups in total. The summed E-state index contributed by atoms with van der Waals surface area (Å²) in [6.45, 7) is 2.85. The van der Waals surface area contributed by atoms with Gasteiger partial charge in [0.15, 0.2) is 0 Å². The van der Waals surface area contributed by atoms with Crippen molar-refractivity contribution >= 4 is 11.5 Å². The fourth-order valence-electron chi connectivity index (χ4n) is 1.76. The summed E-state index contributed by atoms with van der Waals surface area (Å²) in [5, 5.41) is 9.32. The Bertz CT molecular complexity index is 456. The molecule has 0 amide bonds. The number of nitrogens with zero attached hydrogens (tertiary/aromatic N) is 2. The van der Waals surface area contributed by atoms with Gasteiger partial charge >= 0.3 is 0 Å². The zero-order chi connectivity index (χ0) is 12.8. The maximum atomic E-state index is 5.57. The van der Waals surface area contributed by atoms with Crippen molar-refractivity contribution in [1.29, 1.82) is 0 Å². The molecule has 1 heterocycles. The van der Waals surface area contributed by atoms with Crippen LogP contribution in [-0.4, -0.2) is 23.2 Å². The molecule has 0 radical (unpaired) electrons. The first kappa shape index (κ1) is 13.0. The highest BCUT2D eigenvalue weighted by atomic mass is 32.1. The highest BCUT2D eigenvalue weighted by Crippen LogP contribution is 2.23. The molecule has 1 aromatic heterocycles. The molecule has 0 bridgehead atoms. The summed E-state index contributed by atoms with van der Waals surface area (Å²) in [4.78, 5) is 0. The van der Waals surface area contributed by atoms with Crippen molar-refractivity contribution in [1.82, 2.24) is 14.9 Å². The molecular weight excluding hydrogens is 246 g/mol. The van der Waals surface area contributed by atoms with E-state index in [1.54, 1.807) is 0 Å². The largest absolute Gasteiger partial charge is 0.494 e. The van der Waals surface area contributed by atoms with Crippen molar-refractivity contribution in [2.24, 2.45) is 0 Å². The number of nitrogens with one attached hydrogen (secondary N) is 1. The summed E-state index contributed by atoms with van der Waals surface area (Å²) in [5.74, 6) is 0.909. The van der Waals surface area contributed by atoms with Gasteiger partial charge in [-0.25, -0.2) is 0 Å². The second-order valence-electron chi connectivity index (χ2n) is 3.97. The molecule has 0 aliphatic heterocycles. The maximum absolute atomic E-state index is 5.57. The number of ether oxygens (including phenoxy) is 1. The fourth-order valence-corrected chi connectivity index (χ4v) is 2.24. The Hall–Kier alpha value is -1.46. The Labute approximate surface area is 111 Å². The van der Waals surface area contributed by atoms with Gasteiger partial charge in [-0.3, -0.25) is 0 Å². The van der Waals surface area contributed by atoms with Gasteiger partial charge in [-0.2, -0.15) is 0 Å². The van der Waals surface area contributed by atoms with E-state index in [9.17, 15) is 0 Å². The van der Waals surface area contributed by atoms with Crippen LogP contribution in [0.2, 0.25) is 0 Å². The first-order valence-electron chi connectivity index (χ1n) is 6.02. The van der Waals surface area contributed by atoms with Crippen LogP contribution in [0.3, 0.4) is 0 Å². The summed E-state index contributed by atoms with van der Waals surface area (Å²) < 4.78 is 9.47. The SMILES string of the molecule is CCCOc1ccc(C(NC)c2csnn2)cc1. The van der Waals surface area contributed by atoms with E-state index in [0.717, 1.165) is 30.0 Å². The Kier molecular flexibility index (Phi) is 4.66. The topological polar surface area (TPSA) is 47.0 Å². The number of hydrogen-bond acceptors (Lipinski definition) is 5. The van der Waals surface area contributed by atoms with Gasteiger partial charge in [0.2, 0.25) is 0 Å². The van der Waals surface area contributed by atoms with Crippen molar-refractivity contribution in [3.8, 4) is 5.75 Å². The Morgan fingerprint density at radius 1 is 1.33 bits per heavy atom. The average molecular weight is 263 g/mol. The molecule has 0 spiro atoms. The lowest BCUT2D eigenvalue weighted by Gasteiger charge is -2.14. The third kappa shape index (κ3) is 3.05. The van der Waals surface area contributed by atoms with Gasteiger partial charge in [-0.05, 0) is 42.7 Å². The predicted octanol–water partition coefficient (Wildman–Crippen LogP) is 2.64. The highest BCUT2D eigenvalue weighted by Gasteiger charge is 2.14. The van der Waals surface area contributed by atoms with E-state index in [1.165, 1.54) is 11.5 Å². The van der Waals surface area contributed by atoms with Crippen molar-refractivity contribution in [2.45, 2.75) is 19.4 Å². The Morgan fingerprint density at radius 2 is 2.11 bits per heavy atom. The van der Waals surface area contributed by atoms with E-state index >= 15 is 0 Å². The van der Waals surface area contributed by atoms with Crippen LogP contribution < -0.4 is 10.1 Å². The molecule has 1 aromatic carbocycles. The van der Waals surface area contributed by atoms with Crippen LogP contribution in [0.1, 0.15) is 30.6 Å². The van der Waals surface area contributed by atoms with Crippen LogP contribution in [0.5, 0.6) is 5.75 Å². The maximum Gasteiger partial charge on any atom is 0.119 e. The molecule has 1 atom stereocenters. The van der Waals surface area contributed by atoms with Crippen LogP contribution in [0.4, 0.5) is 0 Å². The van der Waals surface area contributed by atoms with Crippen LogP contribution in [-0.2, 0) is 0 Å². The molecule has 4 nitrogen and oxygen atoms in total. The van der Waals surface area contributed by atoms with Crippen LogP contribution in [0, 0.1) is 0 Å². The molecule has 96 valence electrons. The molecule has 18 heavy (non-hydrogen) atoms. The van der Waals surface area contributed by atoms with Crippen molar-refractivity contribution in [3.05, 3.63) is 40.9 Å². The van der Waals surface area contributed by atoms with Crippen molar-refractivity contribution < 1.29 is 4.74 Å². The molecule has 0 saturated carbocycles. The molecule has 5 heteroatoms. The van der Waals surface area contributed by atoms with Gasteiger partial charge in [0.05, 0.1) is 18.3 Å². The van der Waals surface area contributed by atoms with Gasteiger partial charge in [0, 0.05) is 5.38 Å². The predicted molar refractivity (Wildman–Crippen MR) is 73.0 cm³/mol. The van der Waals surface area contributed by atoms with E-state index in [1.807, 2.05) is 24.6 Å². The van der Waals surface area contributed by atoms with E-state index in [0.29, 0.717) is 0 Å². The van der Waals surface area contributed by atoms with Gasteiger partial charge in [-0.1, -0.05) is 23.5 Å². The molecule has 0 fully saturated rings. The normalized spacial score (nSPS) is 12.3. The molecule has 0 aliphatic rings.